The molecule has 0 bridgehead atoms. The molecule has 4 aromatic rings. The molecule has 3 aromatic carbocycles. The Kier molecular flexibility index (Phi) is 6.53. The number of fused-ring (bicyclic) bond motifs is 1. The fourth-order valence-electron chi connectivity index (χ4n) is 4.10. The topological polar surface area (TPSA) is 64.3 Å². The molecule has 0 amide bonds. The normalized spacial score (nSPS) is 12.7. The summed E-state index contributed by atoms with van der Waals surface area (Å²) in [5, 5.41) is 9.94. The molecule has 5 nitrogen and oxygen atoms in total. The molecular formula is C26H20F6N2O3. The lowest BCUT2D eigenvalue weighted by Crippen LogP contribution is -2.54. The van der Waals surface area contributed by atoms with Crippen LogP contribution in [0, 0.1) is 6.92 Å². The summed E-state index contributed by atoms with van der Waals surface area (Å²) in [7, 11) is 1.40. The summed E-state index contributed by atoms with van der Waals surface area (Å²) < 4.78 is 86.8. The van der Waals surface area contributed by atoms with Gasteiger partial charge in [0.25, 0.3) is 11.2 Å². The maximum absolute atomic E-state index is 13.6. The molecule has 11 heteroatoms. The Morgan fingerprint density at radius 1 is 0.919 bits per heavy atom. The number of ether oxygens (including phenoxy) is 1. The van der Waals surface area contributed by atoms with Crippen LogP contribution >= 0.6 is 0 Å². The van der Waals surface area contributed by atoms with E-state index in [9.17, 15) is 36.2 Å². The molecular weight excluding hydrogens is 502 g/mol. The van der Waals surface area contributed by atoms with Crippen LogP contribution in [0.3, 0.4) is 0 Å². The van der Waals surface area contributed by atoms with Crippen molar-refractivity contribution in [3.05, 3.63) is 99.6 Å². The molecule has 4 rings (SSSR count). The average molecular weight is 522 g/mol. The first kappa shape index (κ1) is 26.2. The number of aryl methyl sites for hydroxylation is 1. The first-order valence-corrected chi connectivity index (χ1v) is 10.9. The highest BCUT2D eigenvalue weighted by molar-refractivity contribution is 5.80. The zero-order valence-corrected chi connectivity index (χ0v) is 19.5. The van der Waals surface area contributed by atoms with E-state index in [0.717, 1.165) is 16.2 Å². The van der Waals surface area contributed by atoms with Gasteiger partial charge < -0.3 is 9.84 Å². The van der Waals surface area contributed by atoms with Crippen molar-refractivity contribution < 1.29 is 36.2 Å². The summed E-state index contributed by atoms with van der Waals surface area (Å²) in [6.07, 6.45) is -11.9. The van der Waals surface area contributed by atoms with Gasteiger partial charge in [0.05, 0.1) is 23.7 Å². The smallest absolute Gasteiger partial charge is 0.430 e. The second-order valence-electron chi connectivity index (χ2n) is 8.42. The SMILES string of the molecule is COc1ccc2nc(Cc3ccccc3)n(-c3ccc(C(O)(C(F)(F)F)C(F)(F)F)cc3C)c(=O)c2c1. The maximum atomic E-state index is 13.6. The van der Waals surface area contributed by atoms with Crippen molar-refractivity contribution in [3.63, 3.8) is 0 Å². The highest BCUT2D eigenvalue weighted by atomic mass is 19.4. The predicted octanol–water partition coefficient (Wildman–Crippen LogP) is 5.61. The molecule has 0 aliphatic rings. The van der Waals surface area contributed by atoms with Gasteiger partial charge in [-0.1, -0.05) is 42.5 Å². The van der Waals surface area contributed by atoms with Crippen LogP contribution in [0.5, 0.6) is 5.75 Å². The minimum absolute atomic E-state index is 0.0172. The summed E-state index contributed by atoms with van der Waals surface area (Å²) in [6, 6.07) is 15.6. The van der Waals surface area contributed by atoms with E-state index in [-0.39, 0.29) is 28.9 Å². The van der Waals surface area contributed by atoms with Gasteiger partial charge in [-0.05, 0) is 42.3 Å². The number of halogens is 6. The van der Waals surface area contributed by atoms with Crippen molar-refractivity contribution in [2.24, 2.45) is 0 Å². The van der Waals surface area contributed by atoms with Crippen molar-refractivity contribution in [1.29, 1.82) is 0 Å². The van der Waals surface area contributed by atoms with E-state index >= 15 is 0 Å². The van der Waals surface area contributed by atoms with Gasteiger partial charge in [0.1, 0.15) is 11.6 Å². The molecule has 0 aliphatic heterocycles. The molecule has 194 valence electrons. The van der Waals surface area contributed by atoms with Gasteiger partial charge in [0.15, 0.2) is 0 Å². The number of hydrogen-bond donors (Lipinski definition) is 1. The Labute approximate surface area is 206 Å². The van der Waals surface area contributed by atoms with E-state index < -0.39 is 29.1 Å². The van der Waals surface area contributed by atoms with Crippen LogP contribution in [-0.4, -0.2) is 34.1 Å². The molecule has 1 heterocycles. The quantitative estimate of drug-likeness (QED) is 0.347. The Morgan fingerprint density at radius 2 is 1.57 bits per heavy atom. The summed E-state index contributed by atoms with van der Waals surface area (Å²) in [4.78, 5) is 18.2. The Balaban J connectivity index is 1.97. The highest BCUT2D eigenvalue weighted by Gasteiger charge is 2.71. The summed E-state index contributed by atoms with van der Waals surface area (Å²) in [6.45, 7) is 1.25. The van der Waals surface area contributed by atoms with Gasteiger partial charge in [-0.2, -0.15) is 26.3 Å². The van der Waals surface area contributed by atoms with Crippen molar-refractivity contribution >= 4 is 10.9 Å². The second-order valence-corrected chi connectivity index (χ2v) is 8.42. The van der Waals surface area contributed by atoms with Crippen LogP contribution < -0.4 is 10.3 Å². The largest absolute Gasteiger partial charge is 0.497 e. The van der Waals surface area contributed by atoms with E-state index in [1.165, 1.54) is 20.1 Å². The van der Waals surface area contributed by atoms with Gasteiger partial charge in [-0.25, -0.2) is 4.98 Å². The fraction of sp³-hybridized carbons (Fsp3) is 0.231. The minimum atomic E-state index is -6.03. The van der Waals surface area contributed by atoms with Crippen LogP contribution in [0.2, 0.25) is 0 Å². The molecule has 0 atom stereocenters. The highest BCUT2D eigenvalue weighted by Crippen LogP contribution is 2.50. The summed E-state index contributed by atoms with van der Waals surface area (Å²) in [5.41, 5.74) is -6.07. The number of methoxy groups -OCH3 is 1. The van der Waals surface area contributed by atoms with Gasteiger partial charge >= 0.3 is 12.4 Å². The zero-order valence-electron chi connectivity index (χ0n) is 19.5. The summed E-state index contributed by atoms with van der Waals surface area (Å²) >= 11 is 0. The van der Waals surface area contributed by atoms with E-state index in [4.69, 9.17) is 4.74 Å². The van der Waals surface area contributed by atoms with E-state index in [1.54, 1.807) is 42.5 Å². The molecule has 0 fully saturated rings. The Hall–Kier alpha value is -3.86. The molecule has 0 unspecified atom stereocenters. The predicted molar refractivity (Wildman–Crippen MR) is 124 cm³/mol. The lowest BCUT2D eigenvalue weighted by Gasteiger charge is -2.33. The minimum Gasteiger partial charge on any atom is -0.497 e. The zero-order chi connectivity index (χ0) is 27.2. The third-order valence-electron chi connectivity index (χ3n) is 6.03. The number of aliphatic hydroxyl groups is 1. The number of hydrogen-bond acceptors (Lipinski definition) is 4. The number of benzene rings is 3. The van der Waals surface area contributed by atoms with Crippen molar-refractivity contribution in [2.75, 3.05) is 7.11 Å². The lowest BCUT2D eigenvalue weighted by atomic mass is 9.90. The molecule has 37 heavy (non-hydrogen) atoms. The Bertz CT molecular complexity index is 1500. The average Bonchev–Trinajstić information content (AvgIpc) is 2.83. The van der Waals surface area contributed by atoms with E-state index in [2.05, 4.69) is 4.98 Å². The number of alkyl halides is 6. The van der Waals surface area contributed by atoms with E-state index in [0.29, 0.717) is 23.4 Å². The summed E-state index contributed by atoms with van der Waals surface area (Å²) in [5.74, 6) is 0.577. The molecule has 0 radical (unpaired) electrons. The molecule has 0 aliphatic carbocycles. The molecule has 0 saturated carbocycles. The third-order valence-corrected chi connectivity index (χ3v) is 6.03. The molecule has 1 N–H and O–H groups in total. The van der Waals surface area contributed by atoms with Crippen LogP contribution in [-0.2, 0) is 12.0 Å². The van der Waals surface area contributed by atoms with Crippen LogP contribution in [0.1, 0.15) is 22.5 Å². The standard InChI is InChI=1S/C26H20F6N2O3/c1-15-12-17(24(36,25(27,28)29)26(30,31)32)8-11-21(15)34-22(13-16-6-4-3-5-7-16)33-20-10-9-18(37-2)14-19(20)23(34)35/h3-12,14,36H,13H2,1-2H3. The van der Waals surface area contributed by atoms with Crippen molar-refractivity contribution in [1.82, 2.24) is 9.55 Å². The van der Waals surface area contributed by atoms with Gasteiger partial charge in [0, 0.05) is 12.0 Å². The molecule has 1 aromatic heterocycles. The molecule has 0 saturated heterocycles. The van der Waals surface area contributed by atoms with Crippen molar-refractivity contribution in [3.8, 4) is 11.4 Å². The van der Waals surface area contributed by atoms with Gasteiger partial charge in [-0.15, -0.1) is 0 Å². The van der Waals surface area contributed by atoms with Crippen LogP contribution in [0.25, 0.3) is 16.6 Å². The number of aromatic nitrogens is 2. The fourth-order valence-corrected chi connectivity index (χ4v) is 4.10. The van der Waals surface area contributed by atoms with E-state index in [1.807, 2.05) is 0 Å². The lowest BCUT2D eigenvalue weighted by molar-refractivity contribution is -0.376. The van der Waals surface area contributed by atoms with Crippen molar-refractivity contribution in [2.45, 2.75) is 31.3 Å². The number of nitrogens with zero attached hydrogens (tertiary/aromatic N) is 2. The third kappa shape index (κ3) is 4.55. The first-order valence-electron chi connectivity index (χ1n) is 10.9. The monoisotopic (exact) mass is 522 g/mol. The van der Waals surface area contributed by atoms with Crippen LogP contribution in [0.4, 0.5) is 26.3 Å². The van der Waals surface area contributed by atoms with Crippen LogP contribution in [0.15, 0.2) is 71.5 Å². The molecule has 0 spiro atoms. The van der Waals surface area contributed by atoms with Gasteiger partial charge in [0.2, 0.25) is 0 Å². The first-order chi connectivity index (χ1) is 17.3. The Morgan fingerprint density at radius 3 is 2.14 bits per heavy atom. The second kappa shape index (κ2) is 9.22. The van der Waals surface area contributed by atoms with Gasteiger partial charge in [-0.3, -0.25) is 9.36 Å². The number of rotatable bonds is 5. The maximum Gasteiger partial charge on any atom is 0.430 e.